The van der Waals surface area contributed by atoms with Crippen LogP contribution in [0.2, 0.25) is 0 Å². The molecule has 208 valence electrons. The first-order valence-corrected chi connectivity index (χ1v) is 15.0. The molecule has 0 atom stereocenters. The van der Waals surface area contributed by atoms with Crippen molar-refractivity contribution in [3.05, 3.63) is 182 Å². The van der Waals surface area contributed by atoms with Crippen LogP contribution in [0, 0.1) is 0 Å². The van der Waals surface area contributed by atoms with Gasteiger partial charge >= 0.3 is 0 Å². The second-order valence-electron chi connectivity index (χ2n) is 11.0. The number of para-hydroxylation sites is 2. The normalized spacial score (nSPS) is 11.2. The number of hydrogen-bond acceptors (Lipinski definition) is 1. The highest BCUT2D eigenvalue weighted by molar-refractivity contribution is 6.16. The van der Waals surface area contributed by atoms with Gasteiger partial charge in [0.2, 0.25) is 0 Å². The average Bonchev–Trinajstić information content (AvgIpc) is 3.45. The van der Waals surface area contributed by atoms with Crippen molar-refractivity contribution >= 4 is 38.9 Å². The van der Waals surface area contributed by atoms with Crippen molar-refractivity contribution in [3.8, 4) is 27.9 Å². The minimum absolute atomic E-state index is 1.12. The predicted octanol–water partition coefficient (Wildman–Crippen LogP) is 11.6. The number of hydrogen-bond donors (Lipinski definition) is 0. The second-order valence-corrected chi connectivity index (χ2v) is 11.0. The maximum Gasteiger partial charge on any atom is 0.0562 e. The van der Waals surface area contributed by atoms with Crippen LogP contribution in [0.4, 0.5) is 17.1 Å². The highest BCUT2D eigenvalue weighted by atomic mass is 15.1. The van der Waals surface area contributed by atoms with Crippen LogP contribution in [0.1, 0.15) is 0 Å². The van der Waals surface area contributed by atoms with Gasteiger partial charge in [-0.05, 0) is 76.9 Å². The molecule has 0 amide bonds. The molecule has 0 saturated carbocycles. The van der Waals surface area contributed by atoms with E-state index < -0.39 is 0 Å². The zero-order valence-electron chi connectivity index (χ0n) is 24.2. The van der Waals surface area contributed by atoms with Crippen LogP contribution in [0.25, 0.3) is 49.7 Å². The SMILES string of the molecule is c1ccc(-c2ccc(-n3c4ccccc4c4c(N(c5ccccc5)c5cccc(-c6ccccc6)c5)cccc43)cc2)cc1. The van der Waals surface area contributed by atoms with Crippen molar-refractivity contribution in [2.24, 2.45) is 0 Å². The van der Waals surface area contributed by atoms with Crippen molar-refractivity contribution in [3.63, 3.8) is 0 Å². The molecule has 0 N–H and O–H groups in total. The zero-order chi connectivity index (χ0) is 29.3. The van der Waals surface area contributed by atoms with Crippen LogP contribution >= 0.6 is 0 Å². The minimum atomic E-state index is 1.12. The molecule has 8 rings (SSSR count). The summed E-state index contributed by atoms with van der Waals surface area (Å²) in [5.74, 6) is 0. The Hall–Kier alpha value is -5.86. The maximum absolute atomic E-state index is 2.40. The summed E-state index contributed by atoms with van der Waals surface area (Å²) in [6.45, 7) is 0. The molecular weight excluding hydrogens is 532 g/mol. The molecule has 8 aromatic rings. The fraction of sp³-hybridized carbons (Fsp3) is 0. The summed E-state index contributed by atoms with van der Waals surface area (Å²) in [5, 5.41) is 2.45. The van der Waals surface area contributed by atoms with Crippen LogP contribution in [-0.2, 0) is 0 Å². The van der Waals surface area contributed by atoms with E-state index in [9.17, 15) is 0 Å². The van der Waals surface area contributed by atoms with Gasteiger partial charge in [0.25, 0.3) is 0 Å². The van der Waals surface area contributed by atoms with E-state index in [0.717, 1.165) is 22.7 Å². The number of anilines is 3. The van der Waals surface area contributed by atoms with Gasteiger partial charge in [-0.1, -0.05) is 127 Å². The van der Waals surface area contributed by atoms with Crippen LogP contribution in [0.5, 0.6) is 0 Å². The summed E-state index contributed by atoms with van der Waals surface area (Å²) in [5.41, 5.74) is 11.7. The molecule has 0 spiro atoms. The molecule has 0 aliphatic carbocycles. The summed E-state index contributed by atoms with van der Waals surface area (Å²) < 4.78 is 2.40. The summed E-state index contributed by atoms with van der Waals surface area (Å²) in [7, 11) is 0. The Balaban J connectivity index is 1.35. The van der Waals surface area contributed by atoms with Gasteiger partial charge in [-0.2, -0.15) is 0 Å². The smallest absolute Gasteiger partial charge is 0.0562 e. The maximum atomic E-state index is 2.40. The summed E-state index contributed by atoms with van der Waals surface area (Å²) >= 11 is 0. The highest BCUT2D eigenvalue weighted by Gasteiger charge is 2.21. The van der Waals surface area contributed by atoms with Crippen LogP contribution in [-0.4, -0.2) is 4.57 Å². The van der Waals surface area contributed by atoms with E-state index in [0.29, 0.717) is 0 Å². The van der Waals surface area contributed by atoms with E-state index >= 15 is 0 Å². The Morgan fingerprint density at radius 2 is 0.886 bits per heavy atom. The van der Waals surface area contributed by atoms with Crippen molar-refractivity contribution in [2.75, 3.05) is 4.90 Å². The van der Waals surface area contributed by atoms with E-state index in [2.05, 4.69) is 191 Å². The largest absolute Gasteiger partial charge is 0.310 e. The Morgan fingerprint density at radius 3 is 1.61 bits per heavy atom. The molecule has 0 saturated heterocycles. The number of rotatable bonds is 6. The third kappa shape index (κ3) is 4.54. The Labute approximate surface area is 257 Å². The Morgan fingerprint density at radius 1 is 0.364 bits per heavy atom. The van der Waals surface area contributed by atoms with E-state index in [-0.39, 0.29) is 0 Å². The monoisotopic (exact) mass is 562 g/mol. The molecule has 0 aliphatic rings. The summed E-state index contributed by atoms with van der Waals surface area (Å²) in [4.78, 5) is 2.39. The van der Waals surface area contributed by atoms with Gasteiger partial charge in [-0.15, -0.1) is 0 Å². The van der Waals surface area contributed by atoms with Gasteiger partial charge in [0.15, 0.2) is 0 Å². The molecule has 44 heavy (non-hydrogen) atoms. The number of nitrogens with zero attached hydrogens (tertiary/aromatic N) is 2. The van der Waals surface area contributed by atoms with Crippen molar-refractivity contribution in [2.45, 2.75) is 0 Å². The van der Waals surface area contributed by atoms with Gasteiger partial charge in [-0.25, -0.2) is 0 Å². The van der Waals surface area contributed by atoms with Gasteiger partial charge in [0, 0.05) is 27.8 Å². The van der Waals surface area contributed by atoms with E-state index in [1.165, 1.54) is 44.1 Å². The number of aromatic nitrogens is 1. The first-order valence-electron chi connectivity index (χ1n) is 15.0. The van der Waals surface area contributed by atoms with Crippen LogP contribution in [0.15, 0.2) is 182 Å². The first kappa shape index (κ1) is 25.8. The fourth-order valence-electron chi connectivity index (χ4n) is 6.36. The Bertz CT molecular complexity index is 2200. The lowest BCUT2D eigenvalue weighted by molar-refractivity contribution is 1.18. The average molecular weight is 563 g/mol. The van der Waals surface area contributed by atoms with Crippen LogP contribution < -0.4 is 4.90 Å². The van der Waals surface area contributed by atoms with E-state index in [1.807, 2.05) is 0 Å². The van der Waals surface area contributed by atoms with Crippen molar-refractivity contribution in [1.29, 1.82) is 0 Å². The van der Waals surface area contributed by atoms with E-state index in [1.54, 1.807) is 0 Å². The molecule has 2 heteroatoms. The molecule has 0 bridgehead atoms. The predicted molar refractivity (Wildman–Crippen MR) is 186 cm³/mol. The third-order valence-corrected chi connectivity index (χ3v) is 8.38. The summed E-state index contributed by atoms with van der Waals surface area (Å²) in [6, 6.07) is 65.0. The minimum Gasteiger partial charge on any atom is -0.310 e. The summed E-state index contributed by atoms with van der Waals surface area (Å²) in [6.07, 6.45) is 0. The third-order valence-electron chi connectivity index (χ3n) is 8.38. The topological polar surface area (TPSA) is 8.17 Å². The molecule has 0 fully saturated rings. The second kappa shape index (κ2) is 11.1. The zero-order valence-corrected chi connectivity index (χ0v) is 24.2. The molecular formula is C42H30N2. The number of fused-ring (bicyclic) bond motifs is 3. The van der Waals surface area contributed by atoms with E-state index in [4.69, 9.17) is 0 Å². The highest BCUT2D eigenvalue weighted by Crippen LogP contribution is 2.44. The molecule has 0 radical (unpaired) electrons. The standard InChI is InChI=1S/C42H30N2/c1-4-14-31(15-5-1)33-26-28-36(29-27-33)44-39-23-11-10-22-38(39)42-40(24-13-25-41(42)44)43(35-19-8-3-9-20-35)37-21-12-18-34(30-37)32-16-6-2-7-17-32/h1-30H. The van der Waals surface area contributed by atoms with Crippen molar-refractivity contribution in [1.82, 2.24) is 4.57 Å². The molecule has 1 aromatic heterocycles. The van der Waals surface area contributed by atoms with Crippen LogP contribution in [0.3, 0.4) is 0 Å². The molecule has 0 unspecified atom stereocenters. The lowest BCUT2D eigenvalue weighted by atomic mass is 10.0. The van der Waals surface area contributed by atoms with Crippen molar-refractivity contribution < 1.29 is 0 Å². The first-order chi connectivity index (χ1) is 21.8. The molecule has 1 heterocycles. The quantitative estimate of drug-likeness (QED) is 0.196. The lowest BCUT2D eigenvalue weighted by Gasteiger charge is -2.27. The molecule has 0 aliphatic heterocycles. The van der Waals surface area contributed by atoms with Gasteiger partial charge < -0.3 is 9.47 Å². The fourth-order valence-corrected chi connectivity index (χ4v) is 6.36. The molecule has 7 aromatic carbocycles. The van der Waals surface area contributed by atoms with Gasteiger partial charge in [0.1, 0.15) is 0 Å². The lowest BCUT2D eigenvalue weighted by Crippen LogP contribution is -2.10. The molecule has 2 nitrogen and oxygen atoms in total. The Kier molecular flexibility index (Phi) is 6.51. The van der Waals surface area contributed by atoms with Gasteiger partial charge in [-0.3, -0.25) is 0 Å². The van der Waals surface area contributed by atoms with Gasteiger partial charge in [0.05, 0.1) is 16.7 Å². The number of benzene rings is 7.